The smallest absolute Gasteiger partial charge is 0.331 e. The molecule has 6 rings (SSSR count). The minimum absolute atomic E-state index is 0.0545. The van der Waals surface area contributed by atoms with Crippen molar-refractivity contribution in [3.8, 4) is 23.0 Å². The van der Waals surface area contributed by atoms with Gasteiger partial charge in [-0.25, -0.2) is 9.59 Å². The maximum absolute atomic E-state index is 13.1. The Hall–Kier alpha value is -5.33. The van der Waals surface area contributed by atoms with Crippen molar-refractivity contribution in [1.29, 1.82) is 0 Å². The van der Waals surface area contributed by atoms with E-state index < -0.39 is 34.5 Å². The van der Waals surface area contributed by atoms with Crippen LogP contribution in [0.25, 0.3) is 0 Å². The number of carbonyl (C=O) groups is 5. The zero-order valence-electron chi connectivity index (χ0n) is 43.1. The number of rotatable bonds is 17. The summed E-state index contributed by atoms with van der Waals surface area (Å²) in [6.07, 6.45) is 12.9. The lowest BCUT2D eigenvalue weighted by Gasteiger charge is -2.47. The van der Waals surface area contributed by atoms with Gasteiger partial charge in [-0.2, -0.15) is 0 Å². The summed E-state index contributed by atoms with van der Waals surface area (Å²) in [4.78, 5) is 58.6. The SMILES string of the molecule is CC(C)(CCCCCC(=O)O)c1cc(O)c2c(c1)OC(C)(C)[C@@H]1CC=C(C(=O)O)C[C@@H]21.COC(=O)CCCCCC(C)(C)c1cc(OC(=O)C(C)(C)C)c2c(c1)OC(C)(C)[C@@H]1CC=C(C(=O)O)C[C@@H]21. The molecule has 2 aliphatic carbocycles. The Labute approximate surface area is 409 Å². The second-order valence-electron chi connectivity index (χ2n) is 23.1. The molecule has 2 heterocycles. The van der Waals surface area contributed by atoms with E-state index in [-0.39, 0.29) is 58.6 Å². The fourth-order valence-electron chi connectivity index (χ4n) is 10.7. The van der Waals surface area contributed by atoms with Crippen LogP contribution in [-0.2, 0) is 39.5 Å². The first kappa shape index (κ1) is 54.6. The third kappa shape index (κ3) is 13.1. The van der Waals surface area contributed by atoms with Crippen molar-refractivity contribution in [2.75, 3.05) is 7.11 Å². The molecule has 0 amide bonds. The second-order valence-corrected chi connectivity index (χ2v) is 23.1. The van der Waals surface area contributed by atoms with Gasteiger partial charge in [0.05, 0.1) is 12.5 Å². The summed E-state index contributed by atoms with van der Waals surface area (Å²) in [5, 5.41) is 39.0. The van der Waals surface area contributed by atoms with Crippen molar-refractivity contribution in [3.05, 3.63) is 69.8 Å². The third-order valence-corrected chi connectivity index (χ3v) is 15.1. The number of ether oxygens (including phenoxy) is 4. The normalized spacial score (nSPS) is 21.1. The van der Waals surface area contributed by atoms with E-state index in [9.17, 15) is 39.3 Å². The Bertz CT molecular complexity index is 2320. The molecular formula is C56H78O13. The number of carbonyl (C=O) groups excluding carboxylic acids is 2. The van der Waals surface area contributed by atoms with Gasteiger partial charge >= 0.3 is 29.8 Å². The van der Waals surface area contributed by atoms with Crippen LogP contribution in [0.1, 0.15) is 200 Å². The molecule has 4 N–H and O–H groups in total. The fraction of sp³-hybridized carbons (Fsp3) is 0.625. The van der Waals surface area contributed by atoms with Crippen LogP contribution in [-0.4, -0.2) is 68.6 Å². The van der Waals surface area contributed by atoms with E-state index in [4.69, 9.17) is 24.1 Å². The number of esters is 2. The lowest BCUT2D eigenvalue weighted by Crippen LogP contribution is -2.46. The minimum Gasteiger partial charge on any atom is -0.508 e. The Morgan fingerprint density at radius 2 is 1.09 bits per heavy atom. The molecule has 380 valence electrons. The van der Waals surface area contributed by atoms with Crippen LogP contribution in [0.15, 0.2) is 47.6 Å². The van der Waals surface area contributed by atoms with Crippen LogP contribution >= 0.6 is 0 Å². The highest BCUT2D eigenvalue weighted by molar-refractivity contribution is 5.88. The van der Waals surface area contributed by atoms with Gasteiger partial charge in [-0.05, 0) is 146 Å². The van der Waals surface area contributed by atoms with Gasteiger partial charge in [-0.3, -0.25) is 14.4 Å². The van der Waals surface area contributed by atoms with Crippen molar-refractivity contribution in [2.24, 2.45) is 17.3 Å². The average molecular weight is 959 g/mol. The summed E-state index contributed by atoms with van der Waals surface area (Å²) in [6.45, 7) is 22.2. The van der Waals surface area contributed by atoms with Crippen LogP contribution < -0.4 is 14.2 Å². The monoisotopic (exact) mass is 959 g/mol. The molecule has 4 aliphatic rings. The quantitative estimate of drug-likeness (QED) is 0.0663. The molecule has 0 aromatic heterocycles. The molecule has 69 heavy (non-hydrogen) atoms. The number of aromatic hydroxyl groups is 1. The highest BCUT2D eigenvalue weighted by Crippen LogP contribution is 2.57. The summed E-state index contributed by atoms with van der Waals surface area (Å²) >= 11 is 0. The predicted molar refractivity (Wildman–Crippen MR) is 263 cm³/mol. The highest BCUT2D eigenvalue weighted by atomic mass is 16.5. The van der Waals surface area contributed by atoms with E-state index in [0.29, 0.717) is 66.9 Å². The summed E-state index contributed by atoms with van der Waals surface area (Å²) in [7, 11) is 1.41. The maximum atomic E-state index is 13.1. The van der Waals surface area contributed by atoms with Gasteiger partial charge in [-0.15, -0.1) is 0 Å². The largest absolute Gasteiger partial charge is 0.508 e. The zero-order valence-corrected chi connectivity index (χ0v) is 43.1. The number of phenolic OH excluding ortho intramolecular Hbond substituents is 1. The number of aliphatic carboxylic acids is 3. The van der Waals surface area contributed by atoms with E-state index in [1.165, 1.54) is 7.11 Å². The number of hydrogen-bond donors (Lipinski definition) is 4. The lowest BCUT2D eigenvalue weighted by atomic mass is 9.66. The number of carboxylic acids is 3. The van der Waals surface area contributed by atoms with E-state index in [2.05, 4.69) is 33.8 Å². The molecule has 0 fully saturated rings. The molecule has 2 aliphatic heterocycles. The van der Waals surface area contributed by atoms with Gasteiger partial charge in [0.1, 0.15) is 34.2 Å². The average Bonchev–Trinajstić information content (AvgIpc) is 3.24. The first-order chi connectivity index (χ1) is 32.0. The van der Waals surface area contributed by atoms with Gasteiger partial charge in [0.15, 0.2) is 0 Å². The first-order valence-electron chi connectivity index (χ1n) is 24.8. The number of methoxy groups -OCH3 is 1. The van der Waals surface area contributed by atoms with Crippen LogP contribution in [0.4, 0.5) is 0 Å². The summed E-state index contributed by atoms with van der Waals surface area (Å²) in [5.41, 5.74) is 2.13. The predicted octanol–water partition coefficient (Wildman–Crippen LogP) is 12.1. The molecule has 0 unspecified atom stereocenters. The Morgan fingerprint density at radius 1 is 0.638 bits per heavy atom. The molecule has 2 aromatic rings. The van der Waals surface area contributed by atoms with Gasteiger partial charge in [0, 0.05) is 58.8 Å². The van der Waals surface area contributed by atoms with Gasteiger partial charge in [0.2, 0.25) is 0 Å². The van der Waals surface area contributed by atoms with Crippen molar-refractivity contribution < 1.29 is 63.3 Å². The molecule has 0 saturated heterocycles. The maximum Gasteiger partial charge on any atom is 0.331 e. The van der Waals surface area contributed by atoms with Crippen LogP contribution in [0.2, 0.25) is 0 Å². The molecule has 13 heteroatoms. The molecule has 0 spiro atoms. The third-order valence-electron chi connectivity index (χ3n) is 15.1. The summed E-state index contributed by atoms with van der Waals surface area (Å²) in [5.74, 6) is -1.24. The van der Waals surface area contributed by atoms with E-state index in [0.717, 1.165) is 67.2 Å². The lowest BCUT2D eigenvalue weighted by molar-refractivity contribution is -0.143. The molecule has 0 bridgehead atoms. The molecule has 2 aromatic carbocycles. The van der Waals surface area contributed by atoms with Gasteiger partial charge in [-0.1, -0.05) is 65.5 Å². The molecule has 13 nitrogen and oxygen atoms in total. The Balaban J connectivity index is 0.000000263. The topological polar surface area (TPSA) is 203 Å². The van der Waals surface area contributed by atoms with Gasteiger partial charge in [0.25, 0.3) is 0 Å². The standard InChI is InChI=1S/C31H44O7.C25H34O6/c1-29(2,3)28(35)37-23-17-20(30(4,5)15-11-9-10-12-25(32)36-8)18-24-26(23)21-16-19(27(33)34)13-14-22(21)31(6,7)38-24;1-24(2,11-7-5-6-8-21(27)28)16-13-19(26)22-17-12-15(23(29)30)9-10-18(17)25(3,4)31-20(22)14-16/h13,17-18,21-22H,9-12,14-16H2,1-8H3,(H,33,34);9,13-14,17-18,26H,5-8,10-12H2,1-4H3,(H,27,28)(H,29,30)/t21-,22-;17-,18-/m11/s1. The van der Waals surface area contributed by atoms with Crippen LogP contribution in [0.3, 0.4) is 0 Å². The second kappa shape index (κ2) is 21.3. The first-order valence-corrected chi connectivity index (χ1v) is 24.8. The number of benzene rings is 2. The summed E-state index contributed by atoms with van der Waals surface area (Å²) < 4.78 is 23.8. The number of fused-ring (bicyclic) bond motifs is 6. The number of unbranched alkanes of at least 4 members (excludes halogenated alkanes) is 4. The van der Waals surface area contributed by atoms with Gasteiger partial charge < -0.3 is 39.4 Å². The van der Waals surface area contributed by atoms with E-state index in [1.54, 1.807) is 18.2 Å². The van der Waals surface area contributed by atoms with Crippen molar-refractivity contribution >= 4 is 29.8 Å². The van der Waals surface area contributed by atoms with Crippen molar-refractivity contribution in [1.82, 2.24) is 0 Å². The Kier molecular flexibility index (Phi) is 16.9. The zero-order chi connectivity index (χ0) is 51.4. The number of allylic oxidation sites excluding steroid dienone is 2. The van der Waals surface area contributed by atoms with Crippen molar-refractivity contribution in [3.63, 3.8) is 0 Å². The molecule has 4 atom stereocenters. The minimum atomic E-state index is -0.910. The molecular weight excluding hydrogens is 881 g/mol. The molecule has 0 radical (unpaired) electrons. The number of carboxylic acid groups (broad SMARTS) is 3. The van der Waals surface area contributed by atoms with E-state index >= 15 is 0 Å². The summed E-state index contributed by atoms with van der Waals surface area (Å²) in [6, 6.07) is 7.81. The van der Waals surface area contributed by atoms with Crippen LogP contribution in [0, 0.1) is 17.3 Å². The number of hydrogen-bond acceptors (Lipinski definition) is 10. The fourth-order valence-corrected chi connectivity index (χ4v) is 10.7. The number of phenols is 1. The molecule has 0 saturated carbocycles. The van der Waals surface area contributed by atoms with Crippen LogP contribution in [0.5, 0.6) is 23.0 Å². The highest BCUT2D eigenvalue weighted by Gasteiger charge is 2.49. The van der Waals surface area contributed by atoms with Crippen molar-refractivity contribution in [2.45, 2.75) is 200 Å². The Morgan fingerprint density at radius 3 is 1.54 bits per heavy atom. The van der Waals surface area contributed by atoms with E-state index in [1.807, 2.05) is 60.6 Å².